The fourth-order valence-electron chi connectivity index (χ4n) is 3.99. The van der Waals surface area contributed by atoms with Crippen molar-refractivity contribution in [2.24, 2.45) is 0 Å². The minimum atomic E-state index is -0.355. The molecule has 1 amide bonds. The molecule has 2 aliphatic heterocycles. The third-order valence-electron chi connectivity index (χ3n) is 5.75. The Bertz CT molecular complexity index is 1200. The quantitative estimate of drug-likeness (QED) is 0.497. The minimum Gasteiger partial charge on any atom is -0.486 e. The summed E-state index contributed by atoms with van der Waals surface area (Å²) < 4.78 is 32.5. The first-order chi connectivity index (χ1) is 17.1. The largest absolute Gasteiger partial charge is 0.486 e. The van der Waals surface area contributed by atoms with E-state index in [0.29, 0.717) is 67.8 Å². The summed E-state index contributed by atoms with van der Waals surface area (Å²) in [5.74, 6) is 1.62. The van der Waals surface area contributed by atoms with Crippen molar-refractivity contribution >= 4 is 23.6 Å². The molecule has 2 aromatic carbocycles. The monoisotopic (exact) mass is 499 g/mol. The molecule has 35 heavy (non-hydrogen) atoms. The summed E-state index contributed by atoms with van der Waals surface area (Å²) in [7, 11) is 0. The smallest absolute Gasteiger partial charge is 0.232 e. The summed E-state index contributed by atoms with van der Waals surface area (Å²) >= 11 is 1.25. The lowest BCUT2D eigenvalue weighted by molar-refractivity contribution is -0.119. The molecule has 0 radical (unpaired) electrons. The Morgan fingerprint density at radius 2 is 1.89 bits per heavy atom. The van der Waals surface area contributed by atoms with E-state index >= 15 is 0 Å². The maximum atomic E-state index is 14.0. The maximum absolute atomic E-state index is 14.0. The van der Waals surface area contributed by atoms with Crippen LogP contribution in [0.4, 0.5) is 10.3 Å². The second-order valence-corrected chi connectivity index (χ2v) is 9.12. The topological polar surface area (TPSA) is 90.7 Å². The molecule has 0 bridgehead atoms. The number of hydrogen-bond donors (Lipinski definition) is 1. The predicted molar refractivity (Wildman–Crippen MR) is 129 cm³/mol. The number of hydrogen-bond acceptors (Lipinski definition) is 8. The van der Waals surface area contributed by atoms with Gasteiger partial charge in [-0.25, -0.2) is 4.39 Å². The van der Waals surface area contributed by atoms with Gasteiger partial charge < -0.3 is 24.4 Å². The van der Waals surface area contributed by atoms with Crippen molar-refractivity contribution in [1.29, 1.82) is 0 Å². The van der Waals surface area contributed by atoms with Crippen molar-refractivity contribution in [3.8, 4) is 17.2 Å². The van der Waals surface area contributed by atoms with Crippen LogP contribution in [0.5, 0.6) is 11.5 Å². The lowest BCUT2D eigenvalue weighted by Gasteiger charge is -2.27. The molecule has 184 valence electrons. The molecule has 9 nitrogen and oxygen atoms in total. The highest BCUT2D eigenvalue weighted by molar-refractivity contribution is 7.99. The van der Waals surface area contributed by atoms with Crippen molar-refractivity contribution in [2.75, 3.05) is 50.2 Å². The Morgan fingerprint density at radius 3 is 2.69 bits per heavy atom. The Balaban J connectivity index is 1.29. The number of rotatable bonds is 7. The van der Waals surface area contributed by atoms with Gasteiger partial charge in [-0.05, 0) is 42.8 Å². The number of ether oxygens (including phenoxy) is 3. The number of aromatic nitrogens is 3. The van der Waals surface area contributed by atoms with Gasteiger partial charge in [-0.2, -0.15) is 0 Å². The van der Waals surface area contributed by atoms with Crippen LogP contribution in [-0.4, -0.2) is 65.9 Å². The molecule has 0 unspecified atom stereocenters. The first-order valence-electron chi connectivity index (χ1n) is 11.4. The molecule has 5 rings (SSSR count). The number of fused-ring (bicyclic) bond motifs is 1. The van der Waals surface area contributed by atoms with E-state index in [1.165, 1.54) is 23.9 Å². The molecule has 2 aliphatic rings. The number of thioether (sulfide) groups is 1. The van der Waals surface area contributed by atoms with Crippen molar-refractivity contribution in [1.82, 2.24) is 20.1 Å². The highest BCUT2D eigenvalue weighted by atomic mass is 32.2. The van der Waals surface area contributed by atoms with E-state index < -0.39 is 0 Å². The van der Waals surface area contributed by atoms with Gasteiger partial charge in [-0.15, -0.1) is 10.2 Å². The van der Waals surface area contributed by atoms with Gasteiger partial charge in [0.15, 0.2) is 16.7 Å². The number of carbonyl (C=O) groups is 1. The summed E-state index contributed by atoms with van der Waals surface area (Å²) in [5, 5.41) is 12.2. The van der Waals surface area contributed by atoms with Gasteiger partial charge >= 0.3 is 0 Å². The maximum Gasteiger partial charge on any atom is 0.232 e. The molecular formula is C24H26FN5O4S. The summed E-state index contributed by atoms with van der Waals surface area (Å²) in [6, 6.07) is 11.7. The zero-order valence-corrected chi connectivity index (χ0v) is 20.1. The van der Waals surface area contributed by atoms with Crippen LogP contribution < -0.4 is 19.7 Å². The SMILES string of the molecule is C[C@H](NC(=O)CSc1nnc(N2CCOCC2)n1-c1cccc(F)c1)c1ccc2c(c1)OCCO2. The second kappa shape index (κ2) is 10.5. The van der Waals surface area contributed by atoms with E-state index in [1.54, 1.807) is 16.7 Å². The molecule has 1 N–H and O–H groups in total. The van der Waals surface area contributed by atoms with E-state index in [2.05, 4.69) is 20.4 Å². The molecule has 1 aromatic heterocycles. The minimum absolute atomic E-state index is 0.130. The fourth-order valence-corrected chi connectivity index (χ4v) is 4.75. The molecule has 0 spiro atoms. The summed E-state index contributed by atoms with van der Waals surface area (Å²) in [4.78, 5) is 14.8. The highest BCUT2D eigenvalue weighted by Gasteiger charge is 2.23. The number of nitrogens with one attached hydrogen (secondary N) is 1. The summed E-state index contributed by atoms with van der Waals surface area (Å²) in [6.45, 7) is 5.43. The Kier molecular flexibility index (Phi) is 7.05. The van der Waals surface area contributed by atoms with E-state index in [-0.39, 0.29) is 23.5 Å². The van der Waals surface area contributed by atoms with Gasteiger partial charge in [-0.1, -0.05) is 23.9 Å². The van der Waals surface area contributed by atoms with E-state index in [0.717, 1.165) is 5.56 Å². The average molecular weight is 500 g/mol. The third-order valence-corrected chi connectivity index (χ3v) is 6.68. The normalized spacial score (nSPS) is 16.1. The van der Waals surface area contributed by atoms with E-state index in [1.807, 2.05) is 25.1 Å². The molecular weight excluding hydrogens is 473 g/mol. The molecule has 11 heteroatoms. The predicted octanol–water partition coefficient (Wildman–Crippen LogP) is 2.98. The van der Waals surface area contributed by atoms with Gasteiger partial charge in [0, 0.05) is 13.1 Å². The first kappa shape index (κ1) is 23.4. The van der Waals surface area contributed by atoms with Crippen molar-refractivity contribution in [2.45, 2.75) is 18.1 Å². The van der Waals surface area contributed by atoms with Crippen molar-refractivity contribution in [3.05, 3.63) is 53.8 Å². The highest BCUT2D eigenvalue weighted by Crippen LogP contribution is 2.33. The molecule has 1 fully saturated rings. The van der Waals surface area contributed by atoms with Crippen LogP contribution in [0.1, 0.15) is 18.5 Å². The molecule has 1 atom stereocenters. The van der Waals surface area contributed by atoms with Crippen molar-refractivity contribution < 1.29 is 23.4 Å². The van der Waals surface area contributed by atoms with E-state index in [4.69, 9.17) is 14.2 Å². The lowest BCUT2D eigenvalue weighted by Crippen LogP contribution is -2.37. The Hall–Kier alpha value is -3.31. The average Bonchev–Trinajstić information content (AvgIpc) is 3.32. The molecule has 1 saturated heterocycles. The van der Waals surface area contributed by atoms with Crippen LogP contribution in [0.3, 0.4) is 0 Å². The van der Waals surface area contributed by atoms with Crippen LogP contribution in [0, 0.1) is 5.82 Å². The van der Waals surface area contributed by atoms with Crippen molar-refractivity contribution in [3.63, 3.8) is 0 Å². The van der Waals surface area contributed by atoms with Gasteiger partial charge in [0.25, 0.3) is 0 Å². The third kappa shape index (κ3) is 5.35. The number of anilines is 1. The summed E-state index contributed by atoms with van der Waals surface area (Å²) in [5.41, 5.74) is 1.52. The van der Waals surface area contributed by atoms with Crippen LogP contribution in [0.25, 0.3) is 5.69 Å². The number of benzene rings is 2. The number of amides is 1. The van der Waals surface area contributed by atoms with Gasteiger partial charge in [-0.3, -0.25) is 9.36 Å². The number of morpholine rings is 1. The number of halogens is 1. The van der Waals surface area contributed by atoms with E-state index in [9.17, 15) is 9.18 Å². The Labute approximate surface area is 206 Å². The Morgan fingerprint density at radius 1 is 1.09 bits per heavy atom. The first-order valence-corrected chi connectivity index (χ1v) is 12.4. The lowest BCUT2D eigenvalue weighted by atomic mass is 10.1. The summed E-state index contributed by atoms with van der Waals surface area (Å²) in [6.07, 6.45) is 0. The zero-order valence-electron chi connectivity index (χ0n) is 19.3. The standard InChI is InChI=1S/C24H26FN5O4S/c1-16(17-5-6-20-21(13-17)34-12-11-33-20)26-22(31)15-35-24-28-27-23(29-7-9-32-10-8-29)30(24)19-4-2-3-18(25)14-19/h2-6,13-14,16H,7-12,15H2,1H3,(H,26,31)/t16-/m0/s1. The van der Waals surface area contributed by atoms with Gasteiger partial charge in [0.05, 0.1) is 30.7 Å². The number of carbonyl (C=O) groups excluding carboxylic acids is 1. The molecule has 3 aromatic rings. The van der Waals surface area contributed by atoms with Crippen LogP contribution in [-0.2, 0) is 9.53 Å². The van der Waals surface area contributed by atoms with Crippen LogP contribution in [0.2, 0.25) is 0 Å². The van der Waals surface area contributed by atoms with Crippen LogP contribution >= 0.6 is 11.8 Å². The second-order valence-electron chi connectivity index (χ2n) is 8.18. The van der Waals surface area contributed by atoms with Gasteiger partial charge in [0.2, 0.25) is 11.9 Å². The fraction of sp³-hybridized carbons (Fsp3) is 0.375. The van der Waals surface area contributed by atoms with Gasteiger partial charge in [0.1, 0.15) is 19.0 Å². The molecule has 3 heterocycles. The van der Waals surface area contributed by atoms with Crippen LogP contribution in [0.15, 0.2) is 47.6 Å². The number of nitrogens with zero attached hydrogens (tertiary/aromatic N) is 4. The zero-order chi connectivity index (χ0) is 24.2. The molecule has 0 aliphatic carbocycles. The molecule has 0 saturated carbocycles.